The van der Waals surface area contributed by atoms with Crippen LogP contribution in [0.15, 0.2) is 6.20 Å². The van der Waals surface area contributed by atoms with Crippen molar-refractivity contribution in [3.63, 3.8) is 0 Å². The van der Waals surface area contributed by atoms with Crippen molar-refractivity contribution in [2.45, 2.75) is 19.4 Å². The molecule has 0 aromatic carbocycles. The minimum Gasteiger partial charge on any atom is -0.461 e. The zero-order valence-electron chi connectivity index (χ0n) is 8.64. The number of carbonyl (C=O) groups excluding carboxylic acids is 1. The first-order valence-electron chi connectivity index (χ1n) is 5.11. The van der Waals surface area contributed by atoms with E-state index in [0.29, 0.717) is 12.3 Å². The Kier molecular flexibility index (Phi) is 2.96. The average molecular weight is 210 g/mol. The van der Waals surface area contributed by atoms with Crippen LogP contribution in [0.3, 0.4) is 0 Å². The summed E-state index contributed by atoms with van der Waals surface area (Å²) in [7, 11) is 0. The third-order valence-electron chi connectivity index (χ3n) is 2.44. The van der Waals surface area contributed by atoms with E-state index in [9.17, 15) is 4.79 Å². The third-order valence-corrected chi connectivity index (χ3v) is 2.44. The highest BCUT2D eigenvalue weighted by Gasteiger charge is 2.23. The van der Waals surface area contributed by atoms with Crippen molar-refractivity contribution in [3.05, 3.63) is 11.9 Å². The first-order valence-corrected chi connectivity index (χ1v) is 5.11. The summed E-state index contributed by atoms with van der Waals surface area (Å²) < 4.78 is 6.58. The van der Waals surface area contributed by atoms with Crippen LogP contribution in [-0.2, 0) is 4.74 Å². The van der Waals surface area contributed by atoms with Gasteiger partial charge >= 0.3 is 5.97 Å². The van der Waals surface area contributed by atoms with E-state index in [1.54, 1.807) is 11.6 Å². The molecule has 1 aromatic heterocycles. The molecule has 1 saturated heterocycles. The highest BCUT2D eigenvalue weighted by Crippen LogP contribution is 2.15. The topological polar surface area (TPSA) is 69.0 Å². The van der Waals surface area contributed by atoms with Crippen molar-refractivity contribution in [2.24, 2.45) is 0 Å². The minimum absolute atomic E-state index is 0.215. The van der Waals surface area contributed by atoms with Gasteiger partial charge in [0, 0.05) is 6.54 Å². The van der Waals surface area contributed by atoms with Crippen LogP contribution in [0.4, 0.5) is 0 Å². The molecular formula is C9H14N4O2. The van der Waals surface area contributed by atoms with Crippen LogP contribution in [0.25, 0.3) is 0 Å². The van der Waals surface area contributed by atoms with Crippen LogP contribution >= 0.6 is 0 Å². The summed E-state index contributed by atoms with van der Waals surface area (Å²) in [6, 6.07) is 0.215. The summed E-state index contributed by atoms with van der Waals surface area (Å²) in [6.07, 6.45) is 2.42. The van der Waals surface area contributed by atoms with Crippen LogP contribution in [-0.4, -0.2) is 40.7 Å². The number of esters is 1. The van der Waals surface area contributed by atoms with Crippen molar-refractivity contribution >= 4 is 5.97 Å². The molecule has 1 unspecified atom stereocenters. The fourth-order valence-electron chi connectivity index (χ4n) is 1.71. The van der Waals surface area contributed by atoms with Gasteiger partial charge in [0.2, 0.25) is 0 Å². The first-order chi connectivity index (χ1) is 7.33. The Morgan fingerprint density at radius 1 is 1.80 bits per heavy atom. The fraction of sp³-hybridized carbons (Fsp3) is 0.667. The second-order valence-electron chi connectivity index (χ2n) is 3.43. The average Bonchev–Trinajstić information content (AvgIpc) is 2.88. The molecule has 2 rings (SSSR count). The Morgan fingerprint density at radius 2 is 2.67 bits per heavy atom. The molecule has 0 bridgehead atoms. The Balaban J connectivity index is 2.17. The molecule has 1 aliphatic rings. The second-order valence-corrected chi connectivity index (χ2v) is 3.43. The third kappa shape index (κ3) is 1.99. The quantitative estimate of drug-likeness (QED) is 0.710. The van der Waals surface area contributed by atoms with Crippen molar-refractivity contribution in [3.8, 4) is 0 Å². The van der Waals surface area contributed by atoms with Crippen molar-refractivity contribution in [2.75, 3.05) is 19.7 Å². The van der Waals surface area contributed by atoms with E-state index in [4.69, 9.17) is 4.74 Å². The number of nitrogens with one attached hydrogen (secondary N) is 1. The Morgan fingerprint density at radius 3 is 3.33 bits per heavy atom. The van der Waals surface area contributed by atoms with E-state index in [-0.39, 0.29) is 12.0 Å². The highest BCUT2D eigenvalue weighted by atomic mass is 16.5. The van der Waals surface area contributed by atoms with Gasteiger partial charge in [0.05, 0.1) is 18.8 Å². The Hall–Kier alpha value is -1.43. The molecule has 0 spiro atoms. The predicted molar refractivity (Wildman–Crippen MR) is 52.5 cm³/mol. The van der Waals surface area contributed by atoms with Crippen LogP contribution in [0.2, 0.25) is 0 Å². The van der Waals surface area contributed by atoms with E-state index in [0.717, 1.165) is 19.5 Å². The standard InChI is InChI=1S/C9H14N4O2/c1-2-15-9(14)8-6-11-12-13(8)7-3-4-10-5-7/h6-7,10H,2-5H2,1H3. The van der Waals surface area contributed by atoms with Crippen LogP contribution < -0.4 is 5.32 Å². The predicted octanol–water partition coefficient (Wildman–Crippen LogP) is -0.0108. The van der Waals surface area contributed by atoms with E-state index in [2.05, 4.69) is 15.6 Å². The highest BCUT2D eigenvalue weighted by molar-refractivity contribution is 5.87. The number of rotatable bonds is 3. The van der Waals surface area contributed by atoms with Gasteiger partial charge in [-0.2, -0.15) is 0 Å². The van der Waals surface area contributed by atoms with Gasteiger partial charge in [-0.1, -0.05) is 5.21 Å². The summed E-state index contributed by atoms with van der Waals surface area (Å²) in [5.74, 6) is -0.352. The summed E-state index contributed by atoms with van der Waals surface area (Å²) in [5, 5.41) is 10.9. The summed E-state index contributed by atoms with van der Waals surface area (Å²) in [5.41, 5.74) is 0.436. The van der Waals surface area contributed by atoms with Crippen LogP contribution in [0.5, 0.6) is 0 Å². The molecular weight excluding hydrogens is 196 g/mol. The monoisotopic (exact) mass is 210 g/mol. The van der Waals surface area contributed by atoms with Gasteiger partial charge in [0.1, 0.15) is 0 Å². The smallest absolute Gasteiger partial charge is 0.358 e. The fourth-order valence-corrected chi connectivity index (χ4v) is 1.71. The molecule has 0 saturated carbocycles. The lowest BCUT2D eigenvalue weighted by atomic mass is 10.2. The zero-order chi connectivity index (χ0) is 10.7. The van der Waals surface area contributed by atoms with Crippen molar-refractivity contribution < 1.29 is 9.53 Å². The maximum absolute atomic E-state index is 11.5. The van der Waals surface area contributed by atoms with Gasteiger partial charge in [0.15, 0.2) is 5.69 Å². The molecule has 0 aliphatic carbocycles. The molecule has 1 atom stereocenters. The Bertz CT molecular complexity index is 344. The first kappa shape index (κ1) is 10.1. The van der Waals surface area contributed by atoms with Gasteiger partial charge in [0.25, 0.3) is 0 Å². The molecule has 6 nitrogen and oxygen atoms in total. The lowest BCUT2D eigenvalue weighted by Crippen LogP contribution is -2.20. The largest absolute Gasteiger partial charge is 0.461 e. The van der Waals surface area contributed by atoms with Gasteiger partial charge < -0.3 is 10.1 Å². The molecule has 0 amide bonds. The lowest BCUT2D eigenvalue weighted by Gasteiger charge is -2.10. The SMILES string of the molecule is CCOC(=O)c1cnnn1C1CCNC1. The second kappa shape index (κ2) is 4.39. The van der Waals surface area contributed by atoms with E-state index >= 15 is 0 Å². The van der Waals surface area contributed by atoms with Crippen molar-refractivity contribution in [1.29, 1.82) is 0 Å². The Labute approximate surface area is 87.6 Å². The zero-order valence-corrected chi connectivity index (χ0v) is 8.64. The van der Waals surface area contributed by atoms with Crippen LogP contribution in [0.1, 0.15) is 29.9 Å². The van der Waals surface area contributed by atoms with Crippen molar-refractivity contribution in [1.82, 2.24) is 20.3 Å². The number of ether oxygens (including phenoxy) is 1. The minimum atomic E-state index is -0.352. The summed E-state index contributed by atoms with van der Waals surface area (Å²) in [6.45, 7) is 3.93. The number of nitrogens with zero attached hydrogens (tertiary/aromatic N) is 3. The van der Waals surface area contributed by atoms with E-state index in [1.165, 1.54) is 6.20 Å². The molecule has 1 fully saturated rings. The van der Waals surface area contributed by atoms with Gasteiger partial charge in [-0.25, -0.2) is 9.48 Å². The molecule has 6 heteroatoms. The maximum Gasteiger partial charge on any atom is 0.358 e. The molecule has 2 heterocycles. The van der Waals surface area contributed by atoms with Gasteiger partial charge in [-0.15, -0.1) is 5.10 Å². The van der Waals surface area contributed by atoms with Crippen LogP contribution in [0, 0.1) is 0 Å². The summed E-state index contributed by atoms with van der Waals surface area (Å²) >= 11 is 0. The number of aromatic nitrogens is 3. The lowest BCUT2D eigenvalue weighted by molar-refractivity contribution is 0.0509. The molecule has 15 heavy (non-hydrogen) atoms. The van der Waals surface area contributed by atoms with Gasteiger partial charge in [-0.05, 0) is 19.9 Å². The molecule has 82 valence electrons. The number of hydrogen-bond donors (Lipinski definition) is 1. The summed E-state index contributed by atoms with van der Waals surface area (Å²) in [4.78, 5) is 11.5. The number of hydrogen-bond acceptors (Lipinski definition) is 5. The molecule has 1 N–H and O–H groups in total. The molecule has 1 aliphatic heterocycles. The maximum atomic E-state index is 11.5. The molecule has 0 radical (unpaired) electrons. The molecule has 1 aromatic rings. The normalized spacial score (nSPS) is 20.5. The van der Waals surface area contributed by atoms with Gasteiger partial charge in [-0.3, -0.25) is 0 Å². The van der Waals surface area contributed by atoms with E-state index < -0.39 is 0 Å². The number of carbonyl (C=O) groups is 1. The van der Waals surface area contributed by atoms with E-state index in [1.807, 2.05) is 0 Å².